The Morgan fingerprint density at radius 2 is 1.69 bits per heavy atom. The van der Waals surface area contributed by atoms with E-state index in [9.17, 15) is 0 Å². The molecule has 2 nitrogen and oxygen atoms in total. The molecule has 0 spiro atoms. The predicted molar refractivity (Wildman–Crippen MR) is 55.7 cm³/mol. The Morgan fingerprint density at radius 3 is 2.15 bits per heavy atom. The molecule has 78 valence electrons. The fourth-order valence-corrected chi connectivity index (χ4v) is 1.02. The van der Waals surface area contributed by atoms with Crippen molar-refractivity contribution in [3.8, 4) is 0 Å². The number of hydrogen-bond donors (Lipinski definition) is 0. The lowest BCUT2D eigenvalue weighted by Gasteiger charge is -2.12. The predicted octanol–water partition coefficient (Wildman–Crippen LogP) is 3.13. The van der Waals surface area contributed by atoms with Crippen LogP contribution in [0.15, 0.2) is 12.2 Å². The molecule has 2 heteroatoms. The second-order valence-corrected chi connectivity index (χ2v) is 2.85. The zero-order valence-corrected chi connectivity index (χ0v) is 9.08. The monoisotopic (exact) mass is 186 g/mol. The van der Waals surface area contributed by atoms with E-state index in [-0.39, 0.29) is 6.29 Å². The first-order valence-corrected chi connectivity index (χ1v) is 5.24. The van der Waals surface area contributed by atoms with Crippen LogP contribution in [0.25, 0.3) is 0 Å². The molecule has 0 unspecified atom stereocenters. The Morgan fingerprint density at radius 1 is 1.08 bits per heavy atom. The van der Waals surface area contributed by atoms with Crippen LogP contribution in [0.1, 0.15) is 40.0 Å². The van der Waals surface area contributed by atoms with Gasteiger partial charge in [0.05, 0.1) is 0 Å². The van der Waals surface area contributed by atoms with E-state index in [0.717, 1.165) is 6.42 Å². The first-order valence-electron chi connectivity index (χ1n) is 5.24. The van der Waals surface area contributed by atoms with Crippen molar-refractivity contribution >= 4 is 0 Å². The van der Waals surface area contributed by atoms with Gasteiger partial charge < -0.3 is 9.47 Å². The van der Waals surface area contributed by atoms with E-state index in [4.69, 9.17) is 9.47 Å². The van der Waals surface area contributed by atoms with E-state index in [2.05, 4.69) is 13.0 Å². The Kier molecular flexibility index (Phi) is 9.49. The average molecular weight is 186 g/mol. The quantitative estimate of drug-likeness (QED) is 0.329. The van der Waals surface area contributed by atoms with E-state index >= 15 is 0 Å². The second kappa shape index (κ2) is 9.75. The summed E-state index contributed by atoms with van der Waals surface area (Å²) >= 11 is 0. The van der Waals surface area contributed by atoms with Crippen LogP contribution in [0.5, 0.6) is 0 Å². The fraction of sp³-hybridized carbons (Fsp3) is 0.818. The van der Waals surface area contributed by atoms with Gasteiger partial charge in [0, 0.05) is 13.2 Å². The molecule has 0 bridgehead atoms. The average Bonchev–Trinajstić information content (AvgIpc) is 2.13. The molecule has 0 heterocycles. The molecular weight excluding hydrogens is 164 g/mol. The van der Waals surface area contributed by atoms with Gasteiger partial charge >= 0.3 is 0 Å². The highest BCUT2D eigenvalue weighted by Crippen LogP contribution is 2.01. The highest BCUT2D eigenvalue weighted by molar-refractivity contribution is 4.85. The Balaban J connectivity index is 3.58. The van der Waals surface area contributed by atoms with Crippen LogP contribution in [-0.4, -0.2) is 19.5 Å². The van der Waals surface area contributed by atoms with Gasteiger partial charge in [0.15, 0.2) is 6.29 Å². The summed E-state index contributed by atoms with van der Waals surface area (Å²) < 4.78 is 10.7. The van der Waals surface area contributed by atoms with Crippen molar-refractivity contribution in [3.05, 3.63) is 12.2 Å². The molecule has 0 atom stereocenters. The lowest BCUT2D eigenvalue weighted by atomic mass is 10.2. The number of ether oxygens (including phenoxy) is 2. The highest BCUT2D eigenvalue weighted by Gasteiger charge is 2.00. The molecule has 0 rings (SSSR count). The maximum Gasteiger partial charge on any atom is 0.176 e. The summed E-state index contributed by atoms with van der Waals surface area (Å²) in [5.41, 5.74) is 0. The van der Waals surface area contributed by atoms with Crippen LogP contribution in [0.3, 0.4) is 0 Å². The van der Waals surface area contributed by atoms with E-state index in [0.29, 0.717) is 13.2 Å². The van der Waals surface area contributed by atoms with E-state index < -0.39 is 0 Å². The molecule has 0 aromatic heterocycles. The highest BCUT2D eigenvalue weighted by atomic mass is 16.7. The van der Waals surface area contributed by atoms with Gasteiger partial charge in [-0.3, -0.25) is 0 Å². The van der Waals surface area contributed by atoms with Crippen molar-refractivity contribution in [1.29, 1.82) is 0 Å². The van der Waals surface area contributed by atoms with Gasteiger partial charge in [0.2, 0.25) is 0 Å². The van der Waals surface area contributed by atoms with Crippen molar-refractivity contribution in [2.75, 3.05) is 13.2 Å². The summed E-state index contributed by atoms with van der Waals surface area (Å²) in [7, 11) is 0. The van der Waals surface area contributed by atoms with Crippen molar-refractivity contribution < 1.29 is 9.47 Å². The lowest BCUT2D eigenvalue weighted by Crippen LogP contribution is -2.13. The van der Waals surface area contributed by atoms with Crippen molar-refractivity contribution in [3.63, 3.8) is 0 Å². The third-order valence-electron chi connectivity index (χ3n) is 1.68. The molecule has 0 fully saturated rings. The largest absolute Gasteiger partial charge is 0.349 e. The first-order chi connectivity index (χ1) is 6.35. The lowest BCUT2D eigenvalue weighted by molar-refractivity contribution is -0.104. The third-order valence-corrected chi connectivity index (χ3v) is 1.68. The van der Waals surface area contributed by atoms with Gasteiger partial charge in [0.1, 0.15) is 0 Å². The standard InChI is InChI=1S/C11H22O2/c1-4-7-8-9-10-11(12-5-2)13-6-3/h9-11H,4-8H2,1-3H3/b10-9-. The van der Waals surface area contributed by atoms with Gasteiger partial charge in [-0.1, -0.05) is 25.8 Å². The SMILES string of the molecule is CCCC/C=C\C(OCC)OCC. The van der Waals surface area contributed by atoms with Crippen LogP contribution in [0, 0.1) is 0 Å². The molecule has 0 radical (unpaired) electrons. The minimum atomic E-state index is -0.146. The summed E-state index contributed by atoms with van der Waals surface area (Å²) in [5.74, 6) is 0. The first kappa shape index (κ1) is 12.7. The van der Waals surface area contributed by atoms with Crippen molar-refractivity contribution in [1.82, 2.24) is 0 Å². The van der Waals surface area contributed by atoms with Crippen LogP contribution >= 0.6 is 0 Å². The minimum Gasteiger partial charge on any atom is -0.349 e. The van der Waals surface area contributed by atoms with Gasteiger partial charge in [-0.2, -0.15) is 0 Å². The maximum absolute atomic E-state index is 5.35. The third kappa shape index (κ3) is 8.00. The van der Waals surface area contributed by atoms with Gasteiger partial charge in [-0.15, -0.1) is 0 Å². The Bertz CT molecular complexity index is 115. The molecule has 0 aliphatic rings. The zero-order valence-electron chi connectivity index (χ0n) is 9.08. The summed E-state index contributed by atoms with van der Waals surface area (Å²) in [4.78, 5) is 0. The van der Waals surface area contributed by atoms with Gasteiger partial charge in [-0.05, 0) is 26.3 Å². The maximum atomic E-state index is 5.35. The smallest absolute Gasteiger partial charge is 0.176 e. The molecule has 0 saturated heterocycles. The molecule has 0 saturated carbocycles. The summed E-state index contributed by atoms with van der Waals surface area (Å²) in [5, 5.41) is 0. The van der Waals surface area contributed by atoms with Crippen molar-refractivity contribution in [2.45, 2.75) is 46.3 Å². The van der Waals surface area contributed by atoms with E-state index in [1.54, 1.807) is 0 Å². The van der Waals surface area contributed by atoms with E-state index in [1.807, 2.05) is 19.9 Å². The second-order valence-electron chi connectivity index (χ2n) is 2.85. The number of allylic oxidation sites excluding steroid dienone is 1. The molecule has 0 aromatic carbocycles. The molecule has 0 aromatic rings. The fourth-order valence-electron chi connectivity index (χ4n) is 1.02. The van der Waals surface area contributed by atoms with Crippen LogP contribution in [0.2, 0.25) is 0 Å². The normalized spacial score (nSPS) is 11.7. The minimum absolute atomic E-state index is 0.146. The van der Waals surface area contributed by atoms with Crippen LogP contribution in [-0.2, 0) is 9.47 Å². The van der Waals surface area contributed by atoms with E-state index in [1.165, 1.54) is 12.8 Å². The number of hydrogen-bond acceptors (Lipinski definition) is 2. The molecule has 0 amide bonds. The zero-order chi connectivity index (χ0) is 9.94. The van der Waals surface area contributed by atoms with Crippen molar-refractivity contribution in [2.24, 2.45) is 0 Å². The summed E-state index contributed by atoms with van der Waals surface area (Å²) in [6, 6.07) is 0. The van der Waals surface area contributed by atoms with Gasteiger partial charge in [-0.25, -0.2) is 0 Å². The number of unbranched alkanes of at least 4 members (excludes halogenated alkanes) is 2. The summed E-state index contributed by atoms with van der Waals surface area (Å²) in [6.07, 6.45) is 7.58. The molecule has 13 heavy (non-hydrogen) atoms. The molecule has 0 N–H and O–H groups in total. The Hall–Kier alpha value is -0.340. The van der Waals surface area contributed by atoms with Crippen LogP contribution < -0.4 is 0 Å². The summed E-state index contributed by atoms with van der Waals surface area (Å²) in [6.45, 7) is 7.54. The molecule has 0 aliphatic carbocycles. The number of rotatable bonds is 8. The molecular formula is C11H22O2. The molecule has 0 aliphatic heterocycles. The Labute approximate surface area is 81.9 Å². The topological polar surface area (TPSA) is 18.5 Å². The van der Waals surface area contributed by atoms with Crippen LogP contribution in [0.4, 0.5) is 0 Å². The van der Waals surface area contributed by atoms with Gasteiger partial charge in [0.25, 0.3) is 0 Å².